The highest BCUT2D eigenvalue weighted by Gasteiger charge is 2.30. The molecule has 2 saturated heterocycles. The van der Waals surface area contributed by atoms with Gasteiger partial charge in [0.05, 0.1) is 23.8 Å². The molecule has 2 bridgehead atoms. The molecule has 21 heavy (non-hydrogen) atoms. The minimum atomic E-state index is 0.385. The SMILES string of the molecule is N#Cc1ccc(CCCCN2CC3CNCC(C2)O3)cc1. The maximum atomic E-state index is 8.78. The van der Waals surface area contributed by atoms with Gasteiger partial charge in [-0.3, -0.25) is 4.90 Å². The third-order valence-electron chi connectivity index (χ3n) is 4.33. The van der Waals surface area contributed by atoms with Gasteiger partial charge < -0.3 is 10.1 Å². The number of rotatable bonds is 5. The summed E-state index contributed by atoms with van der Waals surface area (Å²) in [6.45, 7) is 5.31. The second-order valence-corrected chi connectivity index (χ2v) is 6.06. The lowest BCUT2D eigenvalue weighted by atomic mass is 10.1. The van der Waals surface area contributed by atoms with Gasteiger partial charge in [-0.25, -0.2) is 0 Å². The van der Waals surface area contributed by atoms with E-state index < -0.39 is 0 Å². The highest BCUT2D eigenvalue weighted by atomic mass is 16.5. The van der Waals surface area contributed by atoms with Crippen LogP contribution >= 0.6 is 0 Å². The Labute approximate surface area is 126 Å². The van der Waals surface area contributed by atoms with Gasteiger partial charge in [0.15, 0.2) is 0 Å². The fraction of sp³-hybridized carbons (Fsp3) is 0.588. The molecule has 0 aliphatic carbocycles. The number of fused-ring (bicyclic) bond motifs is 2. The van der Waals surface area contributed by atoms with Crippen LogP contribution in [0.3, 0.4) is 0 Å². The van der Waals surface area contributed by atoms with Gasteiger partial charge in [0.1, 0.15) is 0 Å². The lowest BCUT2D eigenvalue weighted by Crippen LogP contribution is -2.58. The minimum Gasteiger partial charge on any atom is -0.370 e. The van der Waals surface area contributed by atoms with Crippen LogP contribution in [0.2, 0.25) is 0 Å². The zero-order chi connectivity index (χ0) is 14.5. The van der Waals surface area contributed by atoms with Crippen LogP contribution in [0.25, 0.3) is 0 Å². The molecular formula is C17H23N3O. The molecule has 4 heteroatoms. The highest BCUT2D eigenvalue weighted by molar-refractivity contribution is 5.31. The number of nitriles is 1. The van der Waals surface area contributed by atoms with Crippen LogP contribution in [-0.4, -0.2) is 49.8 Å². The van der Waals surface area contributed by atoms with Gasteiger partial charge in [-0.2, -0.15) is 5.26 Å². The van der Waals surface area contributed by atoms with Gasteiger partial charge in [-0.05, 0) is 43.5 Å². The van der Waals surface area contributed by atoms with Crippen molar-refractivity contribution in [3.63, 3.8) is 0 Å². The fourth-order valence-corrected chi connectivity index (χ4v) is 3.23. The molecule has 0 amide bonds. The van der Waals surface area contributed by atoms with E-state index in [1.165, 1.54) is 24.9 Å². The van der Waals surface area contributed by atoms with Crippen molar-refractivity contribution in [2.24, 2.45) is 0 Å². The molecule has 0 spiro atoms. The molecule has 3 rings (SSSR count). The van der Waals surface area contributed by atoms with E-state index in [2.05, 4.69) is 28.4 Å². The zero-order valence-electron chi connectivity index (χ0n) is 12.4. The first-order chi connectivity index (χ1) is 10.3. The summed E-state index contributed by atoms with van der Waals surface area (Å²) in [5.74, 6) is 0. The van der Waals surface area contributed by atoms with E-state index in [1.807, 2.05) is 12.1 Å². The molecule has 1 N–H and O–H groups in total. The summed E-state index contributed by atoms with van der Waals surface area (Å²) in [7, 11) is 0. The Morgan fingerprint density at radius 2 is 1.86 bits per heavy atom. The molecular weight excluding hydrogens is 262 g/mol. The second-order valence-electron chi connectivity index (χ2n) is 6.06. The van der Waals surface area contributed by atoms with Gasteiger partial charge >= 0.3 is 0 Å². The summed E-state index contributed by atoms with van der Waals surface area (Å²) in [4.78, 5) is 2.55. The van der Waals surface area contributed by atoms with Crippen molar-refractivity contribution in [3.05, 3.63) is 35.4 Å². The van der Waals surface area contributed by atoms with Gasteiger partial charge in [-0.15, -0.1) is 0 Å². The highest BCUT2D eigenvalue weighted by Crippen LogP contribution is 2.15. The number of hydrogen-bond donors (Lipinski definition) is 1. The standard InChI is InChI=1S/C17H23N3O/c18-9-15-6-4-14(5-7-15)3-1-2-8-20-12-16-10-19-11-17(13-20)21-16/h4-7,16-17,19H,1-3,8,10-13H2. The number of aryl methyl sites for hydroxylation is 1. The van der Waals surface area contributed by atoms with E-state index in [1.54, 1.807) is 0 Å². The van der Waals surface area contributed by atoms with Crippen LogP contribution in [-0.2, 0) is 11.2 Å². The normalized spacial score (nSPS) is 25.5. The number of hydrogen-bond acceptors (Lipinski definition) is 4. The zero-order valence-corrected chi connectivity index (χ0v) is 12.4. The topological polar surface area (TPSA) is 48.3 Å². The number of unbranched alkanes of at least 4 members (excludes halogenated alkanes) is 1. The third-order valence-corrected chi connectivity index (χ3v) is 4.33. The Morgan fingerprint density at radius 1 is 1.14 bits per heavy atom. The predicted molar refractivity (Wildman–Crippen MR) is 82.1 cm³/mol. The maximum absolute atomic E-state index is 8.78. The van der Waals surface area contributed by atoms with E-state index >= 15 is 0 Å². The number of morpholine rings is 2. The summed E-state index contributed by atoms with van der Waals surface area (Å²) < 4.78 is 5.92. The Morgan fingerprint density at radius 3 is 2.52 bits per heavy atom. The van der Waals surface area contributed by atoms with Crippen LogP contribution in [0.1, 0.15) is 24.0 Å². The lowest BCUT2D eigenvalue weighted by molar-refractivity contribution is -0.103. The van der Waals surface area contributed by atoms with E-state index in [9.17, 15) is 0 Å². The summed E-state index contributed by atoms with van der Waals surface area (Å²) >= 11 is 0. The maximum Gasteiger partial charge on any atom is 0.0991 e. The average Bonchev–Trinajstić information content (AvgIpc) is 2.52. The first kappa shape index (κ1) is 14.5. The molecule has 0 saturated carbocycles. The van der Waals surface area contributed by atoms with Gasteiger partial charge in [0.25, 0.3) is 0 Å². The lowest BCUT2D eigenvalue weighted by Gasteiger charge is -2.41. The molecule has 0 radical (unpaired) electrons. The van der Waals surface area contributed by atoms with Crippen LogP contribution in [0.5, 0.6) is 0 Å². The Kier molecular flexibility index (Phi) is 4.87. The average molecular weight is 285 g/mol. The first-order valence-electron chi connectivity index (χ1n) is 7.91. The third kappa shape index (κ3) is 4.04. The Bertz CT molecular complexity index is 482. The summed E-state index contributed by atoms with van der Waals surface area (Å²) in [6.07, 6.45) is 4.31. The molecule has 2 aliphatic rings. The molecule has 2 atom stereocenters. The molecule has 2 fully saturated rings. The fourth-order valence-electron chi connectivity index (χ4n) is 3.23. The summed E-state index contributed by atoms with van der Waals surface area (Å²) in [5.41, 5.74) is 2.07. The number of nitrogens with zero attached hydrogens (tertiary/aromatic N) is 2. The molecule has 2 heterocycles. The van der Waals surface area contributed by atoms with Crippen molar-refractivity contribution < 1.29 is 4.74 Å². The van der Waals surface area contributed by atoms with E-state index in [-0.39, 0.29) is 0 Å². The van der Waals surface area contributed by atoms with Crippen molar-refractivity contribution in [1.82, 2.24) is 10.2 Å². The minimum absolute atomic E-state index is 0.385. The smallest absolute Gasteiger partial charge is 0.0991 e. The molecule has 4 nitrogen and oxygen atoms in total. The first-order valence-corrected chi connectivity index (χ1v) is 7.91. The van der Waals surface area contributed by atoms with Gasteiger partial charge in [-0.1, -0.05) is 12.1 Å². The number of nitrogens with one attached hydrogen (secondary N) is 1. The number of ether oxygens (including phenoxy) is 1. The van der Waals surface area contributed by atoms with Crippen LogP contribution < -0.4 is 5.32 Å². The Balaban J connectivity index is 1.37. The predicted octanol–water partition coefficient (Wildman–Crippen LogP) is 1.55. The molecule has 112 valence electrons. The van der Waals surface area contributed by atoms with Crippen LogP contribution in [0.4, 0.5) is 0 Å². The van der Waals surface area contributed by atoms with Crippen molar-refractivity contribution in [2.75, 3.05) is 32.7 Å². The summed E-state index contributed by atoms with van der Waals surface area (Å²) in [5, 5.41) is 12.2. The van der Waals surface area contributed by atoms with E-state index in [0.717, 1.165) is 38.2 Å². The van der Waals surface area contributed by atoms with Crippen molar-refractivity contribution in [1.29, 1.82) is 5.26 Å². The number of benzene rings is 1. The molecule has 0 aromatic heterocycles. The molecule has 2 aliphatic heterocycles. The van der Waals surface area contributed by atoms with E-state index in [0.29, 0.717) is 12.2 Å². The van der Waals surface area contributed by atoms with E-state index in [4.69, 9.17) is 10.00 Å². The van der Waals surface area contributed by atoms with Gasteiger partial charge in [0.2, 0.25) is 0 Å². The molecule has 1 aromatic carbocycles. The molecule has 2 unspecified atom stereocenters. The van der Waals surface area contributed by atoms with Crippen LogP contribution in [0.15, 0.2) is 24.3 Å². The van der Waals surface area contributed by atoms with Crippen molar-refractivity contribution in [2.45, 2.75) is 31.5 Å². The molecule has 1 aromatic rings. The second kappa shape index (κ2) is 7.04. The quantitative estimate of drug-likeness (QED) is 0.834. The largest absolute Gasteiger partial charge is 0.370 e. The monoisotopic (exact) mass is 285 g/mol. The van der Waals surface area contributed by atoms with Crippen molar-refractivity contribution in [3.8, 4) is 6.07 Å². The van der Waals surface area contributed by atoms with Gasteiger partial charge in [0, 0.05) is 26.2 Å². The van der Waals surface area contributed by atoms with Crippen LogP contribution in [0, 0.1) is 11.3 Å². The summed E-state index contributed by atoms with van der Waals surface area (Å²) in [6, 6.07) is 10.1. The Hall–Kier alpha value is -1.41. The van der Waals surface area contributed by atoms with Crippen molar-refractivity contribution >= 4 is 0 Å².